The third kappa shape index (κ3) is 3.61. The van der Waals surface area contributed by atoms with E-state index in [-0.39, 0.29) is 24.9 Å². The molecule has 0 spiro atoms. The Balaban J connectivity index is 2.22. The van der Waals surface area contributed by atoms with Gasteiger partial charge in [-0.1, -0.05) is 19.1 Å². The standard InChI is InChI=1S/C19H24N2O5/c1-5-12(2)20(11-10-16(22)26-4)17(23)13(3)21-18(24)14-8-6-7-9-15(14)19(21)25/h6-9,12-13H,5,10-11H2,1-4H3. The van der Waals surface area contributed by atoms with Crippen LogP contribution in [0.4, 0.5) is 0 Å². The number of amides is 3. The zero-order valence-corrected chi connectivity index (χ0v) is 15.5. The van der Waals surface area contributed by atoms with Crippen LogP contribution in [0.2, 0.25) is 0 Å². The van der Waals surface area contributed by atoms with Crippen LogP contribution < -0.4 is 0 Å². The van der Waals surface area contributed by atoms with E-state index in [4.69, 9.17) is 0 Å². The van der Waals surface area contributed by atoms with E-state index in [2.05, 4.69) is 4.74 Å². The summed E-state index contributed by atoms with van der Waals surface area (Å²) in [4.78, 5) is 52.2. The van der Waals surface area contributed by atoms with E-state index in [1.165, 1.54) is 18.9 Å². The molecule has 2 unspecified atom stereocenters. The third-order valence-electron chi connectivity index (χ3n) is 4.76. The zero-order valence-electron chi connectivity index (χ0n) is 15.5. The summed E-state index contributed by atoms with van der Waals surface area (Å²) in [5, 5.41) is 0. The van der Waals surface area contributed by atoms with Crippen molar-refractivity contribution in [2.45, 2.75) is 45.7 Å². The molecule has 1 aliphatic rings. The van der Waals surface area contributed by atoms with Crippen molar-refractivity contribution in [3.8, 4) is 0 Å². The van der Waals surface area contributed by atoms with Crippen LogP contribution >= 0.6 is 0 Å². The predicted molar refractivity (Wildman–Crippen MR) is 94.5 cm³/mol. The van der Waals surface area contributed by atoms with Crippen LogP contribution in [0.25, 0.3) is 0 Å². The summed E-state index contributed by atoms with van der Waals surface area (Å²) in [5.41, 5.74) is 0.614. The summed E-state index contributed by atoms with van der Waals surface area (Å²) >= 11 is 0. The second-order valence-corrected chi connectivity index (χ2v) is 6.32. The zero-order chi connectivity index (χ0) is 19.4. The number of hydrogen-bond donors (Lipinski definition) is 0. The summed E-state index contributed by atoms with van der Waals surface area (Å²) < 4.78 is 4.63. The molecule has 140 valence electrons. The first-order chi connectivity index (χ1) is 12.3. The lowest BCUT2D eigenvalue weighted by Gasteiger charge is -2.33. The highest BCUT2D eigenvalue weighted by molar-refractivity contribution is 6.22. The van der Waals surface area contributed by atoms with Crippen LogP contribution in [0.5, 0.6) is 0 Å². The fraction of sp³-hybridized carbons (Fsp3) is 0.474. The highest BCUT2D eigenvalue weighted by atomic mass is 16.5. The van der Waals surface area contributed by atoms with Gasteiger partial charge in [0.05, 0.1) is 24.7 Å². The quantitative estimate of drug-likeness (QED) is 0.547. The topological polar surface area (TPSA) is 84.0 Å². The van der Waals surface area contributed by atoms with Crippen molar-refractivity contribution < 1.29 is 23.9 Å². The number of esters is 1. The summed E-state index contributed by atoms with van der Waals surface area (Å²) in [5.74, 6) is -1.72. The van der Waals surface area contributed by atoms with Gasteiger partial charge >= 0.3 is 5.97 Å². The van der Waals surface area contributed by atoms with Crippen molar-refractivity contribution in [2.24, 2.45) is 0 Å². The fourth-order valence-corrected chi connectivity index (χ4v) is 2.99. The highest BCUT2D eigenvalue weighted by Gasteiger charge is 2.42. The van der Waals surface area contributed by atoms with Crippen LogP contribution in [0, 0.1) is 0 Å². The summed E-state index contributed by atoms with van der Waals surface area (Å²) in [7, 11) is 1.29. The maximum Gasteiger partial charge on any atom is 0.307 e. The number of hydrogen-bond acceptors (Lipinski definition) is 5. The van der Waals surface area contributed by atoms with Crippen molar-refractivity contribution in [1.82, 2.24) is 9.80 Å². The first kappa shape index (κ1) is 19.6. The number of imide groups is 1. The van der Waals surface area contributed by atoms with Gasteiger partial charge in [0.2, 0.25) is 5.91 Å². The molecule has 0 aromatic heterocycles. The predicted octanol–water partition coefficient (Wildman–Crippen LogP) is 1.86. The first-order valence-corrected chi connectivity index (χ1v) is 8.67. The van der Waals surface area contributed by atoms with Gasteiger partial charge in [0.15, 0.2) is 0 Å². The molecule has 0 radical (unpaired) electrons. The Hall–Kier alpha value is -2.70. The largest absolute Gasteiger partial charge is 0.469 e. The van der Waals surface area contributed by atoms with Crippen molar-refractivity contribution in [3.05, 3.63) is 35.4 Å². The molecule has 0 aliphatic carbocycles. The molecular weight excluding hydrogens is 336 g/mol. The van der Waals surface area contributed by atoms with Gasteiger partial charge in [0.25, 0.3) is 11.8 Å². The first-order valence-electron chi connectivity index (χ1n) is 8.67. The molecule has 1 aromatic carbocycles. The number of nitrogens with zero attached hydrogens (tertiary/aromatic N) is 2. The van der Waals surface area contributed by atoms with E-state index < -0.39 is 23.8 Å². The normalized spacial score (nSPS) is 15.5. The van der Waals surface area contributed by atoms with Gasteiger partial charge in [-0.3, -0.25) is 24.1 Å². The maximum absolute atomic E-state index is 13.0. The number of carbonyl (C=O) groups is 4. The minimum absolute atomic E-state index is 0.0570. The molecule has 0 bridgehead atoms. The van der Waals surface area contributed by atoms with E-state index in [0.29, 0.717) is 17.5 Å². The van der Waals surface area contributed by atoms with Crippen molar-refractivity contribution in [2.75, 3.05) is 13.7 Å². The Morgan fingerprint density at radius 3 is 2.12 bits per heavy atom. The minimum Gasteiger partial charge on any atom is -0.469 e. The molecule has 26 heavy (non-hydrogen) atoms. The van der Waals surface area contributed by atoms with Crippen LogP contribution in [0.1, 0.15) is 54.3 Å². The fourth-order valence-electron chi connectivity index (χ4n) is 2.99. The number of fused-ring (bicyclic) bond motifs is 1. The molecule has 2 rings (SSSR count). The minimum atomic E-state index is -0.950. The molecule has 0 fully saturated rings. The summed E-state index contributed by atoms with van der Waals surface area (Å²) in [6.45, 7) is 5.51. The third-order valence-corrected chi connectivity index (χ3v) is 4.76. The van der Waals surface area contributed by atoms with E-state index in [1.54, 1.807) is 24.3 Å². The van der Waals surface area contributed by atoms with Crippen LogP contribution in [-0.4, -0.2) is 59.2 Å². The smallest absolute Gasteiger partial charge is 0.307 e. The molecule has 1 aromatic rings. The van der Waals surface area contributed by atoms with Gasteiger partial charge in [0, 0.05) is 12.6 Å². The average molecular weight is 360 g/mol. The monoisotopic (exact) mass is 360 g/mol. The maximum atomic E-state index is 13.0. The van der Waals surface area contributed by atoms with Gasteiger partial charge in [-0.15, -0.1) is 0 Å². The molecule has 0 N–H and O–H groups in total. The number of carbonyl (C=O) groups excluding carboxylic acids is 4. The molecule has 0 saturated heterocycles. The van der Waals surface area contributed by atoms with Gasteiger partial charge in [-0.25, -0.2) is 0 Å². The molecule has 1 aliphatic heterocycles. The van der Waals surface area contributed by atoms with Crippen molar-refractivity contribution >= 4 is 23.7 Å². The molecule has 7 nitrogen and oxygen atoms in total. The molecule has 7 heteroatoms. The Bertz CT molecular complexity index is 695. The number of benzene rings is 1. The Kier molecular flexibility index (Phi) is 6.13. The van der Waals surface area contributed by atoms with Gasteiger partial charge in [0.1, 0.15) is 6.04 Å². The van der Waals surface area contributed by atoms with Gasteiger partial charge < -0.3 is 9.64 Å². The van der Waals surface area contributed by atoms with E-state index >= 15 is 0 Å². The summed E-state index contributed by atoms with van der Waals surface area (Å²) in [6, 6.07) is 5.44. The molecule has 0 saturated carbocycles. The average Bonchev–Trinajstić information content (AvgIpc) is 2.91. The Labute approximate surface area is 152 Å². The van der Waals surface area contributed by atoms with Crippen LogP contribution in [0.15, 0.2) is 24.3 Å². The van der Waals surface area contributed by atoms with Gasteiger partial charge in [-0.2, -0.15) is 0 Å². The van der Waals surface area contributed by atoms with Crippen LogP contribution in [-0.2, 0) is 14.3 Å². The number of ether oxygens (including phenoxy) is 1. The lowest BCUT2D eigenvalue weighted by molar-refractivity contribution is -0.143. The Morgan fingerprint density at radius 1 is 1.12 bits per heavy atom. The van der Waals surface area contributed by atoms with Gasteiger partial charge in [-0.05, 0) is 32.4 Å². The lowest BCUT2D eigenvalue weighted by Crippen LogP contribution is -2.52. The number of rotatable bonds is 7. The SMILES string of the molecule is CCC(C)N(CCC(=O)OC)C(=O)C(C)N1C(=O)c2ccccc2C1=O. The molecule has 3 amide bonds. The second kappa shape index (κ2) is 8.12. The molecule has 2 atom stereocenters. The lowest BCUT2D eigenvalue weighted by atomic mass is 10.1. The van der Waals surface area contributed by atoms with E-state index in [9.17, 15) is 19.2 Å². The second-order valence-electron chi connectivity index (χ2n) is 6.32. The number of methoxy groups -OCH3 is 1. The molecular formula is C19H24N2O5. The van der Waals surface area contributed by atoms with Crippen LogP contribution in [0.3, 0.4) is 0 Å². The highest BCUT2D eigenvalue weighted by Crippen LogP contribution is 2.25. The van der Waals surface area contributed by atoms with Crippen molar-refractivity contribution in [1.29, 1.82) is 0 Å². The van der Waals surface area contributed by atoms with Crippen molar-refractivity contribution in [3.63, 3.8) is 0 Å². The van der Waals surface area contributed by atoms with E-state index in [0.717, 1.165) is 4.90 Å². The Morgan fingerprint density at radius 2 is 1.65 bits per heavy atom. The van der Waals surface area contributed by atoms with E-state index in [1.807, 2.05) is 13.8 Å². The summed E-state index contributed by atoms with van der Waals surface area (Å²) in [6.07, 6.45) is 0.739. The molecule has 1 heterocycles.